The fraction of sp³-hybridized carbons (Fsp3) is 0.516. The van der Waals surface area contributed by atoms with Crippen molar-refractivity contribution in [3.8, 4) is 0 Å². The molecule has 0 radical (unpaired) electrons. The van der Waals surface area contributed by atoms with Crippen LogP contribution in [0.5, 0.6) is 0 Å². The van der Waals surface area contributed by atoms with Crippen molar-refractivity contribution in [3.63, 3.8) is 0 Å². The normalized spacial score (nSPS) is 27.0. The van der Waals surface area contributed by atoms with Crippen LogP contribution in [0.15, 0.2) is 48.5 Å². The largest absolute Gasteiger partial charge is 0.432 e. The second kappa shape index (κ2) is 12.3. The molecule has 3 amide bonds. The molecule has 5 rings (SSSR count). The number of hydrogen-bond donors (Lipinski definition) is 5. The van der Waals surface area contributed by atoms with E-state index in [2.05, 4.69) is 16.0 Å². The molecule has 3 aliphatic heterocycles. The molecule has 2 aromatic rings. The molecule has 2 saturated heterocycles. The SMILES string of the molecule is C[C@@H]1[C@@H]([Si](C)(C)O)[C@H](CC(=O)N(CCO)Cc2ccccc2)O[C@@]12C(=O)Nc1ccc(NC(=O)C3CCCNC3)cc12. The minimum atomic E-state index is -2.95. The summed E-state index contributed by atoms with van der Waals surface area (Å²) in [6, 6.07) is 14.9. The van der Waals surface area contributed by atoms with Gasteiger partial charge in [0.2, 0.25) is 11.8 Å². The van der Waals surface area contributed by atoms with Gasteiger partial charge in [0.05, 0.1) is 25.0 Å². The number of piperidine rings is 1. The quantitative estimate of drug-likeness (QED) is 0.281. The lowest BCUT2D eigenvalue weighted by Crippen LogP contribution is -2.44. The monoisotopic (exact) mass is 594 g/mol. The lowest BCUT2D eigenvalue weighted by atomic mass is 9.82. The van der Waals surface area contributed by atoms with Crippen molar-refractivity contribution in [3.05, 3.63) is 59.7 Å². The first-order chi connectivity index (χ1) is 20.0. The van der Waals surface area contributed by atoms with E-state index in [0.717, 1.165) is 24.9 Å². The number of aliphatic hydroxyl groups excluding tert-OH is 1. The van der Waals surface area contributed by atoms with E-state index < -0.39 is 31.5 Å². The lowest BCUT2D eigenvalue weighted by molar-refractivity contribution is -0.148. The van der Waals surface area contributed by atoms with Crippen LogP contribution in [0.2, 0.25) is 18.6 Å². The molecule has 3 heterocycles. The van der Waals surface area contributed by atoms with E-state index in [1.165, 1.54) is 0 Å². The maximum Gasteiger partial charge on any atom is 0.261 e. The van der Waals surface area contributed by atoms with Crippen LogP contribution in [-0.2, 0) is 31.3 Å². The third-order valence-corrected chi connectivity index (χ3v) is 11.5. The van der Waals surface area contributed by atoms with Crippen molar-refractivity contribution in [1.82, 2.24) is 10.2 Å². The molecule has 1 unspecified atom stereocenters. The number of benzene rings is 2. The number of hydrogen-bond acceptors (Lipinski definition) is 7. The van der Waals surface area contributed by atoms with E-state index >= 15 is 0 Å². The van der Waals surface area contributed by atoms with E-state index in [0.29, 0.717) is 30.0 Å². The Hall–Kier alpha value is -3.09. The maximum atomic E-state index is 13.7. The summed E-state index contributed by atoms with van der Waals surface area (Å²) in [5, 5.41) is 18.9. The highest BCUT2D eigenvalue weighted by Gasteiger charge is 2.65. The highest BCUT2D eigenvalue weighted by atomic mass is 28.4. The Balaban J connectivity index is 1.42. The molecule has 2 fully saturated rings. The lowest BCUT2D eigenvalue weighted by Gasteiger charge is -2.32. The fourth-order valence-corrected chi connectivity index (χ4v) is 9.57. The standard InChI is InChI=1S/C31H42N4O6Si/c1-20-28(42(2,3)40)26(17-27(37)35(14-15-36)19-21-8-5-4-6-9-21)41-31(20)24-16-23(11-12-25(24)34-30(31)39)33-29(38)22-10-7-13-32-18-22/h4-6,8-9,11-12,16,20,22,26,28,32,36,40H,7,10,13-15,17-19H2,1-3H3,(H,33,38)(H,34,39)/t20-,22?,26+,28-,31+/m1/s1. The van der Waals surface area contributed by atoms with Gasteiger partial charge < -0.3 is 35.5 Å². The third kappa shape index (κ3) is 5.89. The first-order valence-corrected chi connectivity index (χ1v) is 17.9. The average Bonchev–Trinajstić information content (AvgIpc) is 3.42. The van der Waals surface area contributed by atoms with Gasteiger partial charge in [0, 0.05) is 48.0 Å². The molecule has 11 heteroatoms. The molecule has 1 spiro atoms. The van der Waals surface area contributed by atoms with Crippen molar-refractivity contribution in [2.75, 3.05) is 36.9 Å². The Morgan fingerprint density at radius 1 is 1.19 bits per heavy atom. The van der Waals surface area contributed by atoms with Gasteiger partial charge in [0.1, 0.15) is 0 Å². The molecule has 226 valence electrons. The summed E-state index contributed by atoms with van der Waals surface area (Å²) in [5.41, 5.74) is 0.883. The zero-order valence-electron chi connectivity index (χ0n) is 24.6. The molecular weight excluding hydrogens is 552 g/mol. The predicted molar refractivity (Wildman–Crippen MR) is 162 cm³/mol. The number of amides is 3. The Kier molecular flexibility index (Phi) is 8.86. The Bertz CT molecular complexity index is 1310. The van der Waals surface area contributed by atoms with Gasteiger partial charge in [-0.1, -0.05) is 37.3 Å². The van der Waals surface area contributed by atoms with Crippen LogP contribution in [0.25, 0.3) is 0 Å². The number of aliphatic hydroxyl groups is 1. The van der Waals surface area contributed by atoms with E-state index in [1.54, 1.807) is 23.1 Å². The first-order valence-electron chi connectivity index (χ1n) is 14.8. The highest BCUT2D eigenvalue weighted by Crippen LogP contribution is 2.58. The predicted octanol–water partition coefficient (Wildman–Crippen LogP) is 2.79. The van der Waals surface area contributed by atoms with Crippen molar-refractivity contribution >= 4 is 37.4 Å². The second-order valence-electron chi connectivity index (χ2n) is 12.3. The number of nitrogens with one attached hydrogen (secondary N) is 3. The summed E-state index contributed by atoms with van der Waals surface area (Å²) >= 11 is 0. The summed E-state index contributed by atoms with van der Waals surface area (Å²) in [5.74, 6) is -1.18. The number of rotatable bonds is 9. The number of carbonyl (C=O) groups is 3. The molecule has 10 nitrogen and oxygen atoms in total. The fourth-order valence-electron chi connectivity index (χ4n) is 7.01. The van der Waals surface area contributed by atoms with Crippen LogP contribution in [0, 0.1) is 11.8 Å². The second-order valence-corrected chi connectivity index (χ2v) is 16.3. The van der Waals surface area contributed by atoms with Gasteiger partial charge in [-0.05, 0) is 56.2 Å². The van der Waals surface area contributed by atoms with Crippen LogP contribution in [0.1, 0.15) is 37.3 Å². The third-order valence-electron chi connectivity index (χ3n) is 8.99. The van der Waals surface area contributed by atoms with Gasteiger partial charge in [-0.25, -0.2) is 0 Å². The topological polar surface area (TPSA) is 140 Å². The number of carbonyl (C=O) groups excluding carboxylic acids is 3. The zero-order valence-corrected chi connectivity index (χ0v) is 25.6. The smallest absolute Gasteiger partial charge is 0.261 e. The van der Waals surface area contributed by atoms with Crippen molar-refractivity contribution in [2.24, 2.45) is 11.8 Å². The molecule has 0 aromatic heterocycles. The van der Waals surface area contributed by atoms with Crippen LogP contribution in [0.4, 0.5) is 11.4 Å². The van der Waals surface area contributed by atoms with Crippen LogP contribution in [-0.4, -0.2) is 73.2 Å². The first kappa shape index (κ1) is 30.4. The van der Waals surface area contributed by atoms with Crippen molar-refractivity contribution < 1.29 is 29.0 Å². The number of fused-ring (bicyclic) bond motifs is 2. The molecule has 0 aliphatic carbocycles. The van der Waals surface area contributed by atoms with Gasteiger partial charge in [0.25, 0.3) is 5.91 Å². The molecule has 3 aliphatic rings. The van der Waals surface area contributed by atoms with Gasteiger partial charge in [-0.3, -0.25) is 14.4 Å². The van der Waals surface area contributed by atoms with Gasteiger partial charge >= 0.3 is 0 Å². The summed E-state index contributed by atoms with van der Waals surface area (Å²) in [6.45, 7) is 7.38. The van der Waals surface area contributed by atoms with Crippen LogP contribution < -0.4 is 16.0 Å². The number of anilines is 2. The maximum absolute atomic E-state index is 13.7. The molecule has 0 bridgehead atoms. The van der Waals surface area contributed by atoms with E-state index in [-0.39, 0.29) is 43.2 Å². The number of ether oxygens (including phenoxy) is 1. The molecule has 2 aromatic carbocycles. The van der Waals surface area contributed by atoms with Gasteiger partial charge in [0.15, 0.2) is 13.9 Å². The van der Waals surface area contributed by atoms with Crippen LogP contribution in [0.3, 0.4) is 0 Å². The highest BCUT2D eigenvalue weighted by molar-refractivity contribution is 6.71. The Morgan fingerprint density at radius 3 is 2.62 bits per heavy atom. The van der Waals surface area contributed by atoms with Crippen molar-refractivity contribution in [1.29, 1.82) is 0 Å². The van der Waals surface area contributed by atoms with Gasteiger partial charge in [-0.15, -0.1) is 0 Å². The summed E-state index contributed by atoms with van der Waals surface area (Å²) in [4.78, 5) is 53.3. The van der Waals surface area contributed by atoms with E-state index in [9.17, 15) is 24.3 Å². The molecule has 5 atom stereocenters. The van der Waals surface area contributed by atoms with E-state index in [4.69, 9.17) is 4.74 Å². The molecular formula is C31H42N4O6Si. The van der Waals surface area contributed by atoms with Crippen LogP contribution >= 0.6 is 0 Å². The zero-order chi connectivity index (χ0) is 30.1. The Morgan fingerprint density at radius 2 is 1.95 bits per heavy atom. The minimum Gasteiger partial charge on any atom is -0.432 e. The average molecular weight is 595 g/mol. The summed E-state index contributed by atoms with van der Waals surface area (Å²) in [6.07, 6.45) is 1.02. The summed E-state index contributed by atoms with van der Waals surface area (Å²) in [7, 11) is -2.95. The number of nitrogens with zero attached hydrogens (tertiary/aromatic N) is 1. The Labute approximate surface area is 248 Å². The minimum absolute atomic E-state index is 0.0334. The summed E-state index contributed by atoms with van der Waals surface area (Å²) < 4.78 is 6.66. The molecule has 0 saturated carbocycles. The molecule has 5 N–H and O–H groups in total. The van der Waals surface area contributed by atoms with Crippen molar-refractivity contribution in [2.45, 2.75) is 63.1 Å². The molecule has 42 heavy (non-hydrogen) atoms. The van der Waals surface area contributed by atoms with E-state index in [1.807, 2.05) is 50.3 Å². The van der Waals surface area contributed by atoms with Gasteiger partial charge in [-0.2, -0.15) is 0 Å².